The van der Waals surface area contributed by atoms with Gasteiger partial charge in [0.1, 0.15) is 0 Å². The molecule has 0 radical (unpaired) electrons. The van der Waals surface area contributed by atoms with Gasteiger partial charge < -0.3 is 15.1 Å². The molecule has 1 aliphatic rings. The summed E-state index contributed by atoms with van der Waals surface area (Å²) in [7, 11) is 4.28. The summed E-state index contributed by atoms with van der Waals surface area (Å²) in [6.45, 7) is 10.5. The summed E-state index contributed by atoms with van der Waals surface area (Å²) >= 11 is 0. The molecule has 84 valence electrons. The largest absolute Gasteiger partial charge is 0.310 e. The van der Waals surface area contributed by atoms with Crippen molar-refractivity contribution in [1.82, 2.24) is 15.1 Å². The third-order valence-electron chi connectivity index (χ3n) is 2.95. The van der Waals surface area contributed by atoms with Crippen molar-refractivity contribution < 1.29 is 0 Å². The third kappa shape index (κ3) is 4.40. The van der Waals surface area contributed by atoms with Crippen molar-refractivity contribution in [2.75, 3.05) is 46.8 Å². The normalized spacial score (nSPS) is 23.8. The lowest BCUT2D eigenvalue weighted by molar-refractivity contribution is 0.249. The van der Waals surface area contributed by atoms with Crippen molar-refractivity contribution in [1.29, 1.82) is 0 Å². The van der Waals surface area contributed by atoms with Crippen LogP contribution in [0.2, 0.25) is 0 Å². The molecular formula is C11H25N3. The SMILES string of the molecule is CN(C)CCN1CCNC(C)(C)CC1. The Balaban J connectivity index is 2.28. The Morgan fingerprint density at radius 1 is 1.29 bits per heavy atom. The van der Waals surface area contributed by atoms with Crippen LogP contribution in [-0.2, 0) is 0 Å². The van der Waals surface area contributed by atoms with Gasteiger partial charge in [-0.2, -0.15) is 0 Å². The van der Waals surface area contributed by atoms with Crippen molar-refractivity contribution in [3.05, 3.63) is 0 Å². The maximum atomic E-state index is 3.58. The lowest BCUT2D eigenvalue weighted by atomic mass is 10.0. The minimum Gasteiger partial charge on any atom is -0.310 e. The molecular weight excluding hydrogens is 174 g/mol. The molecule has 0 bridgehead atoms. The predicted molar refractivity (Wildman–Crippen MR) is 61.7 cm³/mol. The van der Waals surface area contributed by atoms with E-state index >= 15 is 0 Å². The van der Waals surface area contributed by atoms with E-state index in [9.17, 15) is 0 Å². The summed E-state index contributed by atoms with van der Waals surface area (Å²) in [4.78, 5) is 4.81. The van der Waals surface area contributed by atoms with Crippen LogP contribution < -0.4 is 5.32 Å². The highest BCUT2D eigenvalue weighted by atomic mass is 15.2. The van der Waals surface area contributed by atoms with Gasteiger partial charge in [0, 0.05) is 31.7 Å². The van der Waals surface area contributed by atoms with Crippen molar-refractivity contribution in [2.24, 2.45) is 0 Å². The van der Waals surface area contributed by atoms with Gasteiger partial charge in [-0.25, -0.2) is 0 Å². The van der Waals surface area contributed by atoms with Crippen LogP contribution in [-0.4, -0.2) is 62.2 Å². The first kappa shape index (κ1) is 12.0. The van der Waals surface area contributed by atoms with E-state index in [4.69, 9.17) is 0 Å². The molecule has 1 rings (SSSR count). The summed E-state index contributed by atoms with van der Waals surface area (Å²) in [5.41, 5.74) is 0.326. The minimum absolute atomic E-state index is 0.326. The van der Waals surface area contributed by atoms with Gasteiger partial charge >= 0.3 is 0 Å². The molecule has 0 atom stereocenters. The zero-order chi connectivity index (χ0) is 10.6. The molecule has 0 aromatic rings. The van der Waals surface area contributed by atoms with Crippen LogP contribution >= 0.6 is 0 Å². The molecule has 3 heteroatoms. The van der Waals surface area contributed by atoms with E-state index in [0.717, 1.165) is 6.54 Å². The van der Waals surface area contributed by atoms with Crippen LogP contribution in [0.25, 0.3) is 0 Å². The smallest absolute Gasteiger partial charge is 0.0137 e. The lowest BCUT2D eigenvalue weighted by Gasteiger charge is -2.24. The molecule has 3 nitrogen and oxygen atoms in total. The molecule has 0 unspecified atom stereocenters. The lowest BCUT2D eigenvalue weighted by Crippen LogP contribution is -2.39. The van der Waals surface area contributed by atoms with Crippen molar-refractivity contribution in [2.45, 2.75) is 25.8 Å². The second-order valence-corrected chi connectivity index (χ2v) is 5.21. The fraction of sp³-hybridized carbons (Fsp3) is 1.00. The Kier molecular flexibility index (Phi) is 4.35. The molecule has 0 aromatic heterocycles. The van der Waals surface area contributed by atoms with Gasteiger partial charge in [-0.05, 0) is 40.9 Å². The number of nitrogens with zero attached hydrogens (tertiary/aromatic N) is 2. The van der Waals surface area contributed by atoms with Gasteiger partial charge in [0.25, 0.3) is 0 Å². The third-order valence-corrected chi connectivity index (χ3v) is 2.95. The first-order chi connectivity index (χ1) is 6.49. The fourth-order valence-corrected chi connectivity index (χ4v) is 1.76. The zero-order valence-corrected chi connectivity index (χ0v) is 10.1. The van der Waals surface area contributed by atoms with E-state index in [2.05, 4.69) is 43.1 Å². The summed E-state index contributed by atoms with van der Waals surface area (Å²) in [5, 5.41) is 3.58. The summed E-state index contributed by atoms with van der Waals surface area (Å²) in [6, 6.07) is 0. The molecule has 0 spiro atoms. The topological polar surface area (TPSA) is 18.5 Å². The molecule has 0 aromatic carbocycles. The Labute approximate surface area is 88.5 Å². The number of hydrogen-bond donors (Lipinski definition) is 1. The molecule has 0 amide bonds. The van der Waals surface area contributed by atoms with Crippen LogP contribution in [0.5, 0.6) is 0 Å². The van der Waals surface area contributed by atoms with Gasteiger partial charge in [0.05, 0.1) is 0 Å². The maximum Gasteiger partial charge on any atom is 0.0137 e. The predicted octanol–water partition coefficient (Wildman–Crippen LogP) is 0.622. The highest BCUT2D eigenvalue weighted by Crippen LogP contribution is 2.11. The van der Waals surface area contributed by atoms with Gasteiger partial charge in [-0.3, -0.25) is 0 Å². The number of likely N-dealkylation sites (N-methyl/N-ethyl adjacent to an activating group) is 1. The first-order valence-electron chi connectivity index (χ1n) is 5.62. The number of rotatable bonds is 3. The van der Waals surface area contributed by atoms with Gasteiger partial charge in [0.15, 0.2) is 0 Å². The molecule has 0 saturated carbocycles. The highest BCUT2D eigenvalue weighted by molar-refractivity contribution is 4.82. The zero-order valence-electron chi connectivity index (χ0n) is 10.1. The van der Waals surface area contributed by atoms with Crippen LogP contribution in [0.3, 0.4) is 0 Å². The molecule has 0 aliphatic carbocycles. The Morgan fingerprint density at radius 2 is 2.00 bits per heavy atom. The van der Waals surface area contributed by atoms with Gasteiger partial charge in [-0.1, -0.05) is 0 Å². The first-order valence-corrected chi connectivity index (χ1v) is 5.62. The molecule has 1 N–H and O–H groups in total. The van der Waals surface area contributed by atoms with E-state index < -0.39 is 0 Å². The van der Waals surface area contributed by atoms with Crippen LogP contribution in [0, 0.1) is 0 Å². The average molecular weight is 199 g/mol. The second-order valence-electron chi connectivity index (χ2n) is 5.21. The second kappa shape index (κ2) is 5.10. The van der Waals surface area contributed by atoms with Crippen molar-refractivity contribution >= 4 is 0 Å². The van der Waals surface area contributed by atoms with Crippen LogP contribution in [0.4, 0.5) is 0 Å². The van der Waals surface area contributed by atoms with Crippen LogP contribution in [0.15, 0.2) is 0 Å². The quantitative estimate of drug-likeness (QED) is 0.719. The van der Waals surface area contributed by atoms with Gasteiger partial charge in [0.2, 0.25) is 0 Å². The van der Waals surface area contributed by atoms with E-state index in [0.29, 0.717) is 5.54 Å². The molecule has 1 aliphatic heterocycles. The molecule has 1 heterocycles. The van der Waals surface area contributed by atoms with E-state index in [1.807, 2.05) is 0 Å². The maximum absolute atomic E-state index is 3.58. The van der Waals surface area contributed by atoms with E-state index in [1.165, 1.54) is 32.6 Å². The van der Waals surface area contributed by atoms with Crippen molar-refractivity contribution in [3.63, 3.8) is 0 Å². The molecule has 1 fully saturated rings. The summed E-state index contributed by atoms with van der Waals surface area (Å²) in [6.07, 6.45) is 1.25. The molecule has 14 heavy (non-hydrogen) atoms. The van der Waals surface area contributed by atoms with E-state index in [-0.39, 0.29) is 0 Å². The fourth-order valence-electron chi connectivity index (χ4n) is 1.76. The summed E-state index contributed by atoms with van der Waals surface area (Å²) < 4.78 is 0. The Morgan fingerprint density at radius 3 is 2.64 bits per heavy atom. The standard InChI is InChI=1S/C11H25N3/c1-11(2)5-7-14(8-6-12-11)10-9-13(3)4/h12H,5-10H2,1-4H3. The summed E-state index contributed by atoms with van der Waals surface area (Å²) in [5.74, 6) is 0. The minimum atomic E-state index is 0.326. The average Bonchev–Trinajstić information content (AvgIpc) is 2.23. The monoisotopic (exact) mass is 199 g/mol. The highest BCUT2D eigenvalue weighted by Gasteiger charge is 2.21. The van der Waals surface area contributed by atoms with E-state index in [1.54, 1.807) is 0 Å². The van der Waals surface area contributed by atoms with Crippen LogP contribution in [0.1, 0.15) is 20.3 Å². The van der Waals surface area contributed by atoms with Crippen molar-refractivity contribution in [3.8, 4) is 0 Å². The Hall–Kier alpha value is -0.120. The number of nitrogens with one attached hydrogen (secondary N) is 1. The number of hydrogen-bond acceptors (Lipinski definition) is 3. The molecule has 1 saturated heterocycles. The Bertz CT molecular complexity index is 166. The van der Waals surface area contributed by atoms with Gasteiger partial charge in [-0.15, -0.1) is 0 Å².